The Balaban J connectivity index is 1.92. The molecule has 5 heteroatoms. The molecule has 17 heavy (non-hydrogen) atoms. The second kappa shape index (κ2) is 5.19. The standard InChI is InChI=1S/C12H13ClFN3/c1-17-10(5-7-16-17)4-6-15-12-3-2-9(14)8-11(12)13/h2-3,5,7-8,15H,4,6H2,1H3. The molecule has 2 aromatic rings. The zero-order valence-corrected chi connectivity index (χ0v) is 10.2. The van der Waals surface area contributed by atoms with Crippen LogP contribution in [0, 0.1) is 5.82 Å². The molecule has 0 aliphatic rings. The quantitative estimate of drug-likeness (QED) is 0.908. The van der Waals surface area contributed by atoms with Crippen molar-refractivity contribution >= 4 is 17.3 Å². The first-order chi connectivity index (χ1) is 8.16. The number of halogens is 2. The van der Waals surface area contributed by atoms with E-state index in [0.717, 1.165) is 24.3 Å². The van der Waals surface area contributed by atoms with E-state index in [1.54, 1.807) is 12.3 Å². The Morgan fingerprint density at radius 3 is 2.88 bits per heavy atom. The normalized spacial score (nSPS) is 10.5. The number of hydrogen-bond acceptors (Lipinski definition) is 2. The van der Waals surface area contributed by atoms with Crippen molar-refractivity contribution in [3.05, 3.63) is 47.0 Å². The largest absolute Gasteiger partial charge is 0.383 e. The Morgan fingerprint density at radius 2 is 2.24 bits per heavy atom. The molecule has 0 spiro atoms. The third-order valence-corrected chi connectivity index (χ3v) is 2.86. The molecule has 0 unspecified atom stereocenters. The molecule has 1 heterocycles. The van der Waals surface area contributed by atoms with Crippen molar-refractivity contribution < 1.29 is 4.39 Å². The van der Waals surface area contributed by atoms with Gasteiger partial charge in [0, 0.05) is 31.9 Å². The van der Waals surface area contributed by atoms with Gasteiger partial charge in [-0.05, 0) is 24.3 Å². The molecule has 1 aromatic heterocycles. The summed E-state index contributed by atoms with van der Waals surface area (Å²) in [5.41, 5.74) is 1.88. The summed E-state index contributed by atoms with van der Waals surface area (Å²) >= 11 is 5.90. The average molecular weight is 254 g/mol. The molecule has 0 saturated carbocycles. The molecule has 0 amide bonds. The Hall–Kier alpha value is -1.55. The minimum Gasteiger partial charge on any atom is -0.383 e. The van der Waals surface area contributed by atoms with Crippen LogP contribution in [0.15, 0.2) is 30.5 Å². The van der Waals surface area contributed by atoms with E-state index >= 15 is 0 Å². The fourth-order valence-electron chi connectivity index (χ4n) is 1.60. The lowest BCUT2D eigenvalue weighted by molar-refractivity contribution is 0.628. The predicted molar refractivity (Wildman–Crippen MR) is 66.8 cm³/mol. The van der Waals surface area contributed by atoms with Gasteiger partial charge >= 0.3 is 0 Å². The van der Waals surface area contributed by atoms with Gasteiger partial charge in [-0.15, -0.1) is 0 Å². The molecule has 0 aliphatic heterocycles. The van der Waals surface area contributed by atoms with Gasteiger partial charge in [-0.1, -0.05) is 11.6 Å². The number of aryl methyl sites for hydroxylation is 1. The van der Waals surface area contributed by atoms with Gasteiger partial charge in [0.2, 0.25) is 0 Å². The van der Waals surface area contributed by atoms with Gasteiger partial charge in [-0.3, -0.25) is 4.68 Å². The monoisotopic (exact) mass is 253 g/mol. The molecular formula is C12H13ClFN3. The Labute approximate surface area is 104 Å². The lowest BCUT2D eigenvalue weighted by Crippen LogP contribution is -2.08. The highest BCUT2D eigenvalue weighted by molar-refractivity contribution is 6.33. The maximum absolute atomic E-state index is 12.8. The molecule has 0 radical (unpaired) electrons. The zero-order chi connectivity index (χ0) is 12.3. The molecule has 3 nitrogen and oxygen atoms in total. The van der Waals surface area contributed by atoms with Crippen molar-refractivity contribution in [1.29, 1.82) is 0 Å². The van der Waals surface area contributed by atoms with Crippen LogP contribution in [0.2, 0.25) is 5.02 Å². The van der Waals surface area contributed by atoms with Crippen molar-refractivity contribution in [2.45, 2.75) is 6.42 Å². The zero-order valence-electron chi connectivity index (χ0n) is 9.45. The number of anilines is 1. The molecule has 90 valence electrons. The second-order valence-electron chi connectivity index (χ2n) is 3.75. The first-order valence-corrected chi connectivity index (χ1v) is 5.70. The molecule has 0 atom stereocenters. The molecule has 0 bridgehead atoms. The minimum atomic E-state index is -0.327. The molecule has 1 aromatic carbocycles. The number of rotatable bonds is 4. The maximum atomic E-state index is 12.8. The van der Waals surface area contributed by atoms with E-state index in [9.17, 15) is 4.39 Å². The smallest absolute Gasteiger partial charge is 0.124 e. The molecule has 1 N–H and O–H groups in total. The highest BCUT2D eigenvalue weighted by Crippen LogP contribution is 2.22. The van der Waals surface area contributed by atoms with Crippen molar-refractivity contribution in [2.24, 2.45) is 7.05 Å². The second-order valence-corrected chi connectivity index (χ2v) is 4.15. The predicted octanol–water partition coefficient (Wildman–Crippen LogP) is 2.87. The fourth-order valence-corrected chi connectivity index (χ4v) is 1.84. The molecular weight excluding hydrogens is 241 g/mol. The SMILES string of the molecule is Cn1nccc1CCNc1ccc(F)cc1Cl. The van der Waals surface area contributed by atoms with Crippen LogP contribution in [0.1, 0.15) is 5.69 Å². The molecule has 2 rings (SSSR count). The van der Waals surface area contributed by atoms with E-state index in [1.165, 1.54) is 12.1 Å². The summed E-state index contributed by atoms with van der Waals surface area (Å²) in [6.45, 7) is 0.727. The van der Waals surface area contributed by atoms with Gasteiger partial charge in [0.15, 0.2) is 0 Å². The molecule has 0 aliphatic carbocycles. The maximum Gasteiger partial charge on any atom is 0.124 e. The van der Waals surface area contributed by atoms with Gasteiger partial charge in [-0.2, -0.15) is 5.10 Å². The van der Waals surface area contributed by atoms with Crippen molar-refractivity contribution in [1.82, 2.24) is 9.78 Å². The van der Waals surface area contributed by atoms with Gasteiger partial charge < -0.3 is 5.32 Å². The van der Waals surface area contributed by atoms with Crippen molar-refractivity contribution in [3.63, 3.8) is 0 Å². The van der Waals surface area contributed by atoms with Crippen LogP contribution >= 0.6 is 11.6 Å². The summed E-state index contributed by atoms with van der Waals surface area (Å²) in [7, 11) is 1.90. The third kappa shape index (κ3) is 2.97. The van der Waals surface area contributed by atoms with Gasteiger partial charge in [0.1, 0.15) is 5.82 Å². The van der Waals surface area contributed by atoms with Crippen LogP contribution in [-0.4, -0.2) is 16.3 Å². The van der Waals surface area contributed by atoms with E-state index in [-0.39, 0.29) is 5.82 Å². The average Bonchev–Trinajstić information content (AvgIpc) is 2.68. The number of nitrogens with one attached hydrogen (secondary N) is 1. The van der Waals surface area contributed by atoms with E-state index in [2.05, 4.69) is 10.4 Å². The topological polar surface area (TPSA) is 29.9 Å². The number of aromatic nitrogens is 2. The summed E-state index contributed by atoms with van der Waals surface area (Å²) in [6, 6.07) is 6.29. The first kappa shape index (κ1) is 11.9. The Morgan fingerprint density at radius 1 is 1.41 bits per heavy atom. The van der Waals surface area contributed by atoms with Crippen LogP contribution in [0.5, 0.6) is 0 Å². The summed E-state index contributed by atoms with van der Waals surface area (Å²) in [6.07, 6.45) is 2.60. The van der Waals surface area contributed by atoms with Gasteiger partial charge in [-0.25, -0.2) is 4.39 Å². The lowest BCUT2D eigenvalue weighted by Gasteiger charge is -2.08. The summed E-state index contributed by atoms with van der Waals surface area (Å²) in [4.78, 5) is 0. The van der Waals surface area contributed by atoms with E-state index in [4.69, 9.17) is 11.6 Å². The fraction of sp³-hybridized carbons (Fsp3) is 0.250. The van der Waals surface area contributed by atoms with Crippen LogP contribution in [0.25, 0.3) is 0 Å². The summed E-state index contributed by atoms with van der Waals surface area (Å²) in [5.74, 6) is -0.327. The van der Waals surface area contributed by atoms with Crippen molar-refractivity contribution in [2.75, 3.05) is 11.9 Å². The number of benzene rings is 1. The van der Waals surface area contributed by atoms with Gasteiger partial charge in [0.05, 0.1) is 10.7 Å². The van der Waals surface area contributed by atoms with Crippen LogP contribution in [0.3, 0.4) is 0 Å². The van der Waals surface area contributed by atoms with Crippen LogP contribution < -0.4 is 5.32 Å². The highest BCUT2D eigenvalue weighted by Gasteiger charge is 2.02. The van der Waals surface area contributed by atoms with Crippen LogP contribution in [-0.2, 0) is 13.5 Å². The first-order valence-electron chi connectivity index (χ1n) is 5.32. The molecule has 0 saturated heterocycles. The van der Waals surface area contributed by atoms with Crippen molar-refractivity contribution in [3.8, 4) is 0 Å². The van der Waals surface area contributed by atoms with E-state index in [1.807, 2.05) is 17.8 Å². The highest BCUT2D eigenvalue weighted by atomic mass is 35.5. The Kier molecular flexibility index (Phi) is 3.64. The van der Waals surface area contributed by atoms with Gasteiger partial charge in [0.25, 0.3) is 0 Å². The number of hydrogen-bond donors (Lipinski definition) is 1. The third-order valence-electron chi connectivity index (χ3n) is 2.55. The number of nitrogens with zero attached hydrogens (tertiary/aromatic N) is 2. The minimum absolute atomic E-state index is 0.327. The lowest BCUT2D eigenvalue weighted by atomic mass is 10.2. The van der Waals surface area contributed by atoms with E-state index in [0.29, 0.717) is 5.02 Å². The molecule has 0 fully saturated rings. The summed E-state index contributed by atoms with van der Waals surface area (Å²) < 4.78 is 14.6. The van der Waals surface area contributed by atoms with E-state index < -0.39 is 0 Å². The summed E-state index contributed by atoms with van der Waals surface area (Å²) in [5, 5.41) is 7.65. The Bertz CT molecular complexity index is 510. The van der Waals surface area contributed by atoms with Crippen LogP contribution in [0.4, 0.5) is 10.1 Å².